The first-order valence-electron chi connectivity index (χ1n) is 14.3. The predicted octanol–water partition coefficient (Wildman–Crippen LogP) is 6.66. The molecule has 196 valence electrons. The van der Waals surface area contributed by atoms with Gasteiger partial charge in [-0.3, -0.25) is 9.59 Å². The lowest BCUT2D eigenvalue weighted by atomic mass is 9.41. The van der Waals surface area contributed by atoms with Crippen LogP contribution in [-0.4, -0.2) is 28.1 Å². The van der Waals surface area contributed by atoms with Gasteiger partial charge >= 0.3 is 5.97 Å². The average Bonchev–Trinajstić information content (AvgIpc) is 3.40. The number of carbonyl (C=O) groups excluding carboxylic acids is 1. The van der Waals surface area contributed by atoms with Gasteiger partial charge in [0, 0.05) is 11.8 Å². The number of fused-ring (bicyclic) bond motifs is 2. The highest BCUT2D eigenvalue weighted by Crippen LogP contribution is 2.88. The topological polar surface area (TPSA) is 74.6 Å². The fourth-order valence-corrected chi connectivity index (χ4v) is 10.9. The number of carboxylic acid groups (broad SMARTS) is 1. The van der Waals surface area contributed by atoms with Crippen molar-refractivity contribution in [3.05, 3.63) is 12.2 Å². The quantitative estimate of drug-likeness (QED) is 0.413. The number of hydrogen-bond acceptors (Lipinski definition) is 3. The molecule has 0 bridgehead atoms. The van der Waals surface area contributed by atoms with Gasteiger partial charge in [-0.1, -0.05) is 46.8 Å². The van der Waals surface area contributed by atoms with E-state index in [9.17, 15) is 19.8 Å². The molecule has 0 aromatic heterocycles. The first kappa shape index (κ1) is 25.5. The molecule has 5 rings (SSSR count). The van der Waals surface area contributed by atoms with Crippen LogP contribution in [0.25, 0.3) is 0 Å². The zero-order valence-electron chi connectivity index (χ0n) is 23.0. The second-order valence-corrected chi connectivity index (χ2v) is 14.5. The number of ketones is 1. The van der Waals surface area contributed by atoms with Gasteiger partial charge in [0.1, 0.15) is 5.78 Å². The molecule has 0 aliphatic heterocycles. The highest BCUT2D eigenvalue weighted by atomic mass is 16.4. The molecule has 0 aromatic rings. The van der Waals surface area contributed by atoms with E-state index in [-0.39, 0.29) is 34.4 Å². The molecule has 4 heteroatoms. The van der Waals surface area contributed by atoms with Crippen molar-refractivity contribution in [2.45, 2.75) is 112 Å². The van der Waals surface area contributed by atoms with Gasteiger partial charge in [0.2, 0.25) is 0 Å². The lowest BCUT2D eigenvalue weighted by Crippen LogP contribution is -2.62. The van der Waals surface area contributed by atoms with E-state index in [1.165, 1.54) is 24.8 Å². The van der Waals surface area contributed by atoms with Gasteiger partial charge in [0.15, 0.2) is 0 Å². The molecular formula is C31H48O4. The molecule has 5 saturated carbocycles. The Kier molecular flexibility index (Phi) is 5.59. The minimum Gasteiger partial charge on any atom is -0.481 e. The molecule has 0 saturated heterocycles. The second-order valence-electron chi connectivity index (χ2n) is 14.5. The fraction of sp³-hybridized carbons (Fsp3) is 0.871. The number of carboxylic acids is 1. The fourth-order valence-electron chi connectivity index (χ4n) is 10.9. The number of carbonyl (C=O) groups is 2. The van der Waals surface area contributed by atoms with Crippen molar-refractivity contribution in [1.29, 1.82) is 0 Å². The van der Waals surface area contributed by atoms with Crippen molar-refractivity contribution in [2.75, 3.05) is 0 Å². The molecule has 0 unspecified atom stereocenters. The summed E-state index contributed by atoms with van der Waals surface area (Å²) in [6, 6.07) is 0. The first-order valence-corrected chi connectivity index (χ1v) is 14.3. The Morgan fingerprint density at radius 2 is 1.69 bits per heavy atom. The largest absolute Gasteiger partial charge is 0.481 e. The minimum absolute atomic E-state index is 0.0150. The van der Waals surface area contributed by atoms with E-state index in [1.54, 1.807) is 6.92 Å². The van der Waals surface area contributed by atoms with E-state index in [4.69, 9.17) is 0 Å². The molecule has 2 spiro atoms. The van der Waals surface area contributed by atoms with Crippen molar-refractivity contribution in [3.63, 3.8) is 0 Å². The normalized spacial score (nSPS) is 51.1. The Labute approximate surface area is 212 Å². The van der Waals surface area contributed by atoms with Crippen LogP contribution in [0.3, 0.4) is 0 Å². The van der Waals surface area contributed by atoms with Gasteiger partial charge in [0.05, 0.1) is 11.5 Å². The summed E-state index contributed by atoms with van der Waals surface area (Å²) in [4.78, 5) is 26.1. The van der Waals surface area contributed by atoms with E-state index in [1.807, 2.05) is 0 Å². The molecule has 0 amide bonds. The summed E-state index contributed by atoms with van der Waals surface area (Å²) in [6.07, 6.45) is 8.60. The Bertz CT molecular complexity index is 954. The van der Waals surface area contributed by atoms with Crippen LogP contribution in [-0.2, 0) is 9.59 Å². The van der Waals surface area contributed by atoms with Crippen LogP contribution >= 0.6 is 0 Å². The molecule has 35 heavy (non-hydrogen) atoms. The maximum Gasteiger partial charge on any atom is 0.312 e. The Morgan fingerprint density at radius 3 is 2.31 bits per heavy atom. The third-order valence-corrected chi connectivity index (χ3v) is 13.5. The van der Waals surface area contributed by atoms with Crippen LogP contribution in [0.15, 0.2) is 12.2 Å². The van der Waals surface area contributed by atoms with E-state index in [2.05, 4.69) is 41.2 Å². The summed E-state index contributed by atoms with van der Waals surface area (Å²) in [5.74, 6) is 1.41. The number of Topliss-reactive ketones (excluding diaryl/α,β-unsaturated/α-hetero) is 1. The third kappa shape index (κ3) is 2.90. The van der Waals surface area contributed by atoms with Gasteiger partial charge in [0.25, 0.3) is 0 Å². The number of rotatable bonds is 6. The number of allylic oxidation sites excluding steroid dienone is 1. The van der Waals surface area contributed by atoms with Crippen LogP contribution in [0.5, 0.6) is 0 Å². The van der Waals surface area contributed by atoms with Crippen molar-refractivity contribution in [1.82, 2.24) is 0 Å². The molecule has 5 aliphatic carbocycles. The van der Waals surface area contributed by atoms with E-state index >= 15 is 0 Å². The average molecular weight is 485 g/mol. The highest BCUT2D eigenvalue weighted by molar-refractivity contribution is 5.94. The number of aliphatic hydroxyl groups is 1. The lowest BCUT2D eigenvalue weighted by molar-refractivity contribution is -0.190. The molecule has 4 nitrogen and oxygen atoms in total. The summed E-state index contributed by atoms with van der Waals surface area (Å²) in [5.41, 5.74) is 0.0705. The third-order valence-electron chi connectivity index (χ3n) is 13.5. The number of hydrogen-bond donors (Lipinski definition) is 2. The smallest absolute Gasteiger partial charge is 0.312 e. The van der Waals surface area contributed by atoms with Crippen LogP contribution in [0, 0.1) is 56.7 Å². The highest BCUT2D eigenvalue weighted by Gasteiger charge is 2.86. The Morgan fingerprint density at radius 1 is 1.03 bits per heavy atom. The van der Waals surface area contributed by atoms with Crippen molar-refractivity contribution >= 4 is 11.8 Å². The van der Waals surface area contributed by atoms with Crippen LogP contribution in [0.1, 0.15) is 106 Å². The second kappa shape index (κ2) is 7.68. The first-order chi connectivity index (χ1) is 16.2. The molecule has 0 heterocycles. The Balaban J connectivity index is 1.44. The van der Waals surface area contributed by atoms with Gasteiger partial charge in [-0.15, -0.1) is 0 Å². The predicted molar refractivity (Wildman–Crippen MR) is 138 cm³/mol. The summed E-state index contributed by atoms with van der Waals surface area (Å²) in [7, 11) is 0. The zero-order valence-corrected chi connectivity index (χ0v) is 23.0. The zero-order chi connectivity index (χ0) is 25.8. The monoisotopic (exact) mass is 484 g/mol. The summed E-state index contributed by atoms with van der Waals surface area (Å²) in [6.45, 7) is 18.1. The number of aliphatic carboxylic acids is 1. The summed E-state index contributed by atoms with van der Waals surface area (Å²) < 4.78 is 0. The van der Waals surface area contributed by atoms with Gasteiger partial charge in [-0.2, -0.15) is 0 Å². The maximum atomic E-state index is 13.7. The summed E-state index contributed by atoms with van der Waals surface area (Å²) >= 11 is 0. The molecule has 2 N–H and O–H groups in total. The minimum atomic E-state index is -1.21. The molecule has 0 aromatic carbocycles. The van der Waals surface area contributed by atoms with Crippen molar-refractivity contribution < 1.29 is 19.8 Å². The van der Waals surface area contributed by atoms with Crippen LogP contribution < -0.4 is 0 Å². The molecule has 5 fully saturated rings. The SMILES string of the molecule is C=C(CC[C@@H](C)[C@H]1CC[C@@]2(C)[C@@H]3CC[C@H]4[C@](C)(C(=O)O)[C@@H](O)CC(=O)[C@@]45C[C@@]35CC[C@]12C)C(C)C. The standard InChI is InChI=1S/C31H48O4/c1-18(2)19(3)8-9-20(4)21-12-13-28(6)22-10-11-23-29(7,26(34)35)24(32)16-25(33)31(23)17-30(22,31)15-14-27(21,28)5/h18,20-24,32H,3,8-17H2,1-2,4-7H3,(H,34,35)/t20-,21-,22+,23+,24+,27-,28+,29+,30+,31-/m1/s1. The molecule has 5 aliphatic rings. The lowest BCUT2D eigenvalue weighted by Gasteiger charge is -2.62. The summed E-state index contributed by atoms with van der Waals surface area (Å²) in [5, 5.41) is 21.0. The van der Waals surface area contributed by atoms with E-state index < -0.39 is 22.9 Å². The number of aliphatic hydroxyl groups excluding tert-OH is 1. The van der Waals surface area contributed by atoms with Crippen LogP contribution in [0.2, 0.25) is 0 Å². The van der Waals surface area contributed by atoms with Crippen LogP contribution in [0.4, 0.5) is 0 Å². The molecule has 0 radical (unpaired) electrons. The van der Waals surface area contributed by atoms with Gasteiger partial charge in [-0.05, 0) is 111 Å². The van der Waals surface area contributed by atoms with Gasteiger partial charge < -0.3 is 10.2 Å². The molecular weight excluding hydrogens is 436 g/mol. The van der Waals surface area contributed by atoms with Crippen molar-refractivity contribution in [3.8, 4) is 0 Å². The van der Waals surface area contributed by atoms with E-state index in [0.717, 1.165) is 38.5 Å². The molecule has 10 atom stereocenters. The Hall–Kier alpha value is -1.16. The van der Waals surface area contributed by atoms with Gasteiger partial charge in [-0.25, -0.2) is 0 Å². The maximum absolute atomic E-state index is 13.7. The van der Waals surface area contributed by atoms with Crippen molar-refractivity contribution in [2.24, 2.45) is 56.7 Å². The van der Waals surface area contributed by atoms with E-state index in [0.29, 0.717) is 23.7 Å².